The molecule has 1 N–H and O–H groups in total. The van der Waals surface area contributed by atoms with Crippen LogP contribution in [0.5, 0.6) is 0 Å². The van der Waals surface area contributed by atoms with E-state index in [1.165, 1.54) is 0 Å². The fourth-order valence-corrected chi connectivity index (χ4v) is 1.71. The fraction of sp³-hybridized carbons (Fsp3) is 0.250. The molecule has 0 spiro atoms. The molecule has 0 saturated carbocycles. The van der Waals surface area contributed by atoms with Gasteiger partial charge in [-0.15, -0.1) is 0 Å². The summed E-state index contributed by atoms with van der Waals surface area (Å²) in [7, 11) is 0. The van der Waals surface area contributed by atoms with Crippen LogP contribution in [0.25, 0.3) is 11.1 Å². The van der Waals surface area contributed by atoms with Crippen LogP contribution in [-0.2, 0) is 6.54 Å². The zero-order valence-electron chi connectivity index (χ0n) is 8.75. The molecule has 1 heterocycles. The van der Waals surface area contributed by atoms with Gasteiger partial charge in [0.15, 0.2) is 0 Å². The molecule has 2 rings (SSSR count). The molecule has 4 heteroatoms. The summed E-state index contributed by atoms with van der Waals surface area (Å²) in [5, 5.41) is 14.3. The number of aromatic nitrogens is 2. The fourth-order valence-electron chi connectivity index (χ4n) is 1.51. The Morgan fingerprint density at radius 3 is 2.69 bits per heavy atom. The first kappa shape index (κ1) is 11.4. The number of hydrogen-bond donors (Lipinski definition) is 1. The maximum Gasteiger partial charge on any atom is 0.0832 e. The lowest BCUT2D eigenvalue weighted by Crippen LogP contribution is -2.17. The Labute approximate surface area is 103 Å². The molecule has 1 unspecified atom stereocenters. The van der Waals surface area contributed by atoms with E-state index in [9.17, 15) is 5.11 Å². The standard InChI is InChI=1S/C12H13BrN2O/c13-6-12(16)9-15-8-11(7-14-15)10-4-2-1-3-5-10/h1-5,7-8,12,16H,6,9H2. The van der Waals surface area contributed by atoms with Crippen LogP contribution in [0.3, 0.4) is 0 Å². The number of rotatable bonds is 4. The topological polar surface area (TPSA) is 38.0 Å². The van der Waals surface area contributed by atoms with Crippen LogP contribution < -0.4 is 0 Å². The third-order valence-corrected chi connectivity index (χ3v) is 3.06. The van der Waals surface area contributed by atoms with Crippen molar-refractivity contribution < 1.29 is 5.11 Å². The van der Waals surface area contributed by atoms with Crippen molar-refractivity contribution in [2.75, 3.05) is 5.33 Å². The lowest BCUT2D eigenvalue weighted by molar-refractivity contribution is 0.174. The highest BCUT2D eigenvalue weighted by Gasteiger charge is 2.05. The van der Waals surface area contributed by atoms with Gasteiger partial charge in [-0.1, -0.05) is 46.3 Å². The second-order valence-electron chi connectivity index (χ2n) is 3.63. The van der Waals surface area contributed by atoms with Gasteiger partial charge in [0.2, 0.25) is 0 Å². The molecule has 84 valence electrons. The van der Waals surface area contributed by atoms with Crippen LogP contribution in [0.15, 0.2) is 42.7 Å². The second kappa shape index (κ2) is 5.27. The number of benzene rings is 1. The van der Waals surface area contributed by atoms with Gasteiger partial charge in [-0.3, -0.25) is 4.68 Å². The summed E-state index contributed by atoms with van der Waals surface area (Å²) < 4.78 is 1.76. The molecule has 0 radical (unpaired) electrons. The van der Waals surface area contributed by atoms with Crippen molar-refractivity contribution in [3.8, 4) is 11.1 Å². The van der Waals surface area contributed by atoms with Crippen molar-refractivity contribution >= 4 is 15.9 Å². The molecule has 1 aromatic heterocycles. The minimum atomic E-state index is -0.400. The zero-order valence-corrected chi connectivity index (χ0v) is 10.3. The SMILES string of the molecule is OC(CBr)Cn1cc(-c2ccccc2)cn1. The van der Waals surface area contributed by atoms with Gasteiger partial charge < -0.3 is 5.11 Å². The first-order valence-electron chi connectivity index (χ1n) is 5.11. The smallest absolute Gasteiger partial charge is 0.0832 e. The number of hydrogen-bond acceptors (Lipinski definition) is 2. The van der Waals surface area contributed by atoms with Crippen molar-refractivity contribution in [3.63, 3.8) is 0 Å². The van der Waals surface area contributed by atoms with Crippen molar-refractivity contribution in [2.45, 2.75) is 12.6 Å². The zero-order chi connectivity index (χ0) is 11.4. The van der Waals surface area contributed by atoms with E-state index >= 15 is 0 Å². The van der Waals surface area contributed by atoms with E-state index < -0.39 is 6.10 Å². The molecule has 0 aliphatic carbocycles. The predicted molar refractivity (Wildman–Crippen MR) is 67.5 cm³/mol. The van der Waals surface area contributed by atoms with Crippen molar-refractivity contribution in [1.82, 2.24) is 9.78 Å². The summed E-state index contributed by atoms with van der Waals surface area (Å²) in [4.78, 5) is 0. The van der Waals surface area contributed by atoms with E-state index in [0.717, 1.165) is 11.1 Å². The molecule has 1 atom stereocenters. The van der Waals surface area contributed by atoms with Crippen molar-refractivity contribution in [2.24, 2.45) is 0 Å². The van der Waals surface area contributed by atoms with Crippen LogP contribution in [-0.4, -0.2) is 26.3 Å². The summed E-state index contributed by atoms with van der Waals surface area (Å²) >= 11 is 3.23. The van der Waals surface area contributed by atoms with E-state index in [4.69, 9.17) is 0 Å². The van der Waals surface area contributed by atoms with Crippen molar-refractivity contribution in [1.29, 1.82) is 0 Å². The van der Waals surface area contributed by atoms with Gasteiger partial charge in [0.05, 0.1) is 18.8 Å². The van der Waals surface area contributed by atoms with Gasteiger partial charge in [0, 0.05) is 17.1 Å². The van der Waals surface area contributed by atoms with Gasteiger partial charge in [0.1, 0.15) is 0 Å². The Morgan fingerprint density at radius 1 is 1.25 bits per heavy atom. The number of aliphatic hydroxyl groups excluding tert-OH is 1. The van der Waals surface area contributed by atoms with E-state index in [-0.39, 0.29) is 0 Å². The van der Waals surface area contributed by atoms with Gasteiger partial charge in [0.25, 0.3) is 0 Å². The molecule has 2 aromatic rings. The summed E-state index contributed by atoms with van der Waals surface area (Å²) in [5.74, 6) is 0. The molecule has 0 fully saturated rings. The summed E-state index contributed by atoms with van der Waals surface area (Å²) in [6, 6.07) is 10.1. The largest absolute Gasteiger partial charge is 0.390 e. The number of nitrogens with zero attached hydrogens (tertiary/aromatic N) is 2. The molecule has 0 amide bonds. The van der Waals surface area contributed by atoms with Crippen LogP contribution in [0, 0.1) is 0 Å². The van der Waals surface area contributed by atoms with Gasteiger partial charge in [-0.05, 0) is 5.56 Å². The average Bonchev–Trinajstić information content (AvgIpc) is 2.78. The van der Waals surface area contributed by atoms with Gasteiger partial charge >= 0.3 is 0 Å². The van der Waals surface area contributed by atoms with E-state index in [1.54, 1.807) is 4.68 Å². The normalized spacial score (nSPS) is 12.6. The maximum atomic E-state index is 9.48. The molecule has 0 aliphatic heterocycles. The minimum Gasteiger partial charge on any atom is -0.390 e. The highest BCUT2D eigenvalue weighted by molar-refractivity contribution is 9.09. The molecule has 3 nitrogen and oxygen atoms in total. The molecule has 0 aliphatic rings. The first-order chi connectivity index (χ1) is 7.79. The van der Waals surface area contributed by atoms with Crippen LogP contribution in [0.1, 0.15) is 0 Å². The van der Waals surface area contributed by atoms with E-state index in [2.05, 4.69) is 21.0 Å². The average molecular weight is 281 g/mol. The number of aliphatic hydroxyl groups is 1. The van der Waals surface area contributed by atoms with E-state index in [0.29, 0.717) is 11.9 Å². The van der Waals surface area contributed by atoms with Crippen LogP contribution in [0.4, 0.5) is 0 Å². The van der Waals surface area contributed by atoms with E-state index in [1.807, 2.05) is 42.7 Å². The Morgan fingerprint density at radius 2 is 2.00 bits per heavy atom. The third kappa shape index (κ3) is 2.71. The summed E-state index contributed by atoms with van der Waals surface area (Å²) in [6.07, 6.45) is 3.36. The van der Waals surface area contributed by atoms with Gasteiger partial charge in [-0.2, -0.15) is 5.10 Å². The second-order valence-corrected chi connectivity index (χ2v) is 4.27. The summed E-state index contributed by atoms with van der Waals surface area (Å²) in [6.45, 7) is 0.512. The van der Waals surface area contributed by atoms with Crippen molar-refractivity contribution in [3.05, 3.63) is 42.7 Å². The molecule has 1 aromatic carbocycles. The Hall–Kier alpha value is -1.13. The molecule has 0 bridgehead atoms. The highest BCUT2D eigenvalue weighted by Crippen LogP contribution is 2.17. The third-order valence-electron chi connectivity index (χ3n) is 2.32. The quantitative estimate of drug-likeness (QED) is 0.873. The maximum absolute atomic E-state index is 9.48. The first-order valence-corrected chi connectivity index (χ1v) is 6.23. The van der Waals surface area contributed by atoms with Gasteiger partial charge in [-0.25, -0.2) is 0 Å². The molecule has 0 saturated heterocycles. The highest BCUT2D eigenvalue weighted by atomic mass is 79.9. The minimum absolute atomic E-state index is 0.400. The Balaban J connectivity index is 2.14. The molecular formula is C12H13BrN2O. The molecule has 16 heavy (non-hydrogen) atoms. The number of alkyl halides is 1. The number of halogens is 1. The summed E-state index contributed by atoms with van der Waals surface area (Å²) in [5.41, 5.74) is 2.21. The Bertz CT molecular complexity index is 441. The predicted octanol–water partition coefficient (Wildman–Crippen LogP) is 2.31. The molecular weight excluding hydrogens is 268 g/mol. The monoisotopic (exact) mass is 280 g/mol. The lowest BCUT2D eigenvalue weighted by atomic mass is 10.1. The Kier molecular flexibility index (Phi) is 3.74. The van der Waals surface area contributed by atoms with Crippen LogP contribution in [0.2, 0.25) is 0 Å². The lowest BCUT2D eigenvalue weighted by Gasteiger charge is -2.05. The van der Waals surface area contributed by atoms with Crippen LogP contribution >= 0.6 is 15.9 Å².